The van der Waals surface area contributed by atoms with Crippen LogP contribution < -0.4 is 19.6 Å². The molecule has 116 valence electrons. The predicted molar refractivity (Wildman–Crippen MR) is 78.5 cm³/mol. The lowest BCUT2D eigenvalue weighted by atomic mass is 10.1. The Hall–Kier alpha value is -2.44. The summed E-state index contributed by atoms with van der Waals surface area (Å²) in [6, 6.07) is 3.49. The number of hydrogen-bond donors (Lipinski definition) is 1. The average molecular weight is 296 g/mol. The molecule has 0 bridgehead atoms. The van der Waals surface area contributed by atoms with Gasteiger partial charge in [0.15, 0.2) is 11.5 Å². The molecule has 1 aromatic rings. The van der Waals surface area contributed by atoms with Crippen molar-refractivity contribution in [1.82, 2.24) is 5.43 Å². The van der Waals surface area contributed by atoms with Gasteiger partial charge in [-0.2, -0.15) is 5.10 Å². The molecule has 21 heavy (non-hydrogen) atoms. The lowest BCUT2D eigenvalue weighted by molar-refractivity contribution is 0.152. The summed E-state index contributed by atoms with van der Waals surface area (Å²) in [4.78, 5) is 11.2. The second-order valence-corrected chi connectivity index (χ2v) is 3.94. The van der Waals surface area contributed by atoms with Gasteiger partial charge in [-0.3, -0.25) is 0 Å². The minimum absolute atomic E-state index is 0.282. The van der Waals surface area contributed by atoms with E-state index in [-0.39, 0.29) is 6.61 Å². The van der Waals surface area contributed by atoms with E-state index in [1.54, 1.807) is 26.0 Å². The first-order valence-corrected chi connectivity index (χ1v) is 6.34. The van der Waals surface area contributed by atoms with Crippen molar-refractivity contribution in [2.24, 2.45) is 5.10 Å². The van der Waals surface area contributed by atoms with Crippen LogP contribution >= 0.6 is 0 Å². The van der Waals surface area contributed by atoms with Crippen LogP contribution in [-0.2, 0) is 4.74 Å². The second kappa shape index (κ2) is 7.98. The quantitative estimate of drug-likeness (QED) is 0.643. The second-order valence-electron chi connectivity index (χ2n) is 3.94. The van der Waals surface area contributed by atoms with Gasteiger partial charge >= 0.3 is 6.09 Å². The van der Waals surface area contributed by atoms with E-state index in [1.165, 1.54) is 21.3 Å². The number of ether oxygens (including phenoxy) is 4. The zero-order chi connectivity index (χ0) is 15.8. The molecule has 0 spiro atoms. The van der Waals surface area contributed by atoms with Crippen molar-refractivity contribution >= 4 is 11.8 Å². The third-order valence-corrected chi connectivity index (χ3v) is 2.67. The highest BCUT2D eigenvalue weighted by Gasteiger charge is 2.14. The van der Waals surface area contributed by atoms with Gasteiger partial charge < -0.3 is 18.9 Å². The van der Waals surface area contributed by atoms with Crippen molar-refractivity contribution in [2.45, 2.75) is 13.8 Å². The van der Waals surface area contributed by atoms with Gasteiger partial charge in [-0.25, -0.2) is 10.2 Å². The van der Waals surface area contributed by atoms with E-state index < -0.39 is 6.09 Å². The summed E-state index contributed by atoms with van der Waals surface area (Å²) < 4.78 is 20.5. The summed E-state index contributed by atoms with van der Waals surface area (Å²) >= 11 is 0. The number of carbonyl (C=O) groups is 1. The molecular formula is C14H20N2O5. The molecule has 0 saturated heterocycles. The van der Waals surface area contributed by atoms with Crippen LogP contribution in [0.4, 0.5) is 4.79 Å². The van der Waals surface area contributed by atoms with Gasteiger partial charge in [-0.15, -0.1) is 0 Å². The van der Waals surface area contributed by atoms with E-state index in [2.05, 4.69) is 10.5 Å². The van der Waals surface area contributed by atoms with Crippen LogP contribution in [0.15, 0.2) is 17.2 Å². The average Bonchev–Trinajstić information content (AvgIpc) is 2.51. The molecule has 0 aliphatic rings. The molecule has 0 heterocycles. The molecule has 1 aromatic carbocycles. The van der Waals surface area contributed by atoms with E-state index in [4.69, 9.17) is 18.9 Å². The molecule has 7 nitrogen and oxygen atoms in total. The minimum atomic E-state index is -0.607. The molecule has 0 aliphatic heterocycles. The number of methoxy groups -OCH3 is 3. The van der Waals surface area contributed by atoms with E-state index in [9.17, 15) is 4.79 Å². The fourth-order valence-electron chi connectivity index (χ4n) is 1.65. The largest absolute Gasteiger partial charge is 0.493 e. The Bertz CT molecular complexity index is 503. The number of nitrogens with zero attached hydrogens (tertiary/aromatic N) is 1. The summed E-state index contributed by atoms with van der Waals surface area (Å²) in [5, 5.41) is 3.96. The highest BCUT2D eigenvalue weighted by Crippen LogP contribution is 2.38. The molecule has 1 N–H and O–H groups in total. The van der Waals surface area contributed by atoms with Crippen molar-refractivity contribution in [2.75, 3.05) is 27.9 Å². The molecule has 0 aliphatic carbocycles. The van der Waals surface area contributed by atoms with E-state index in [1.807, 2.05) is 0 Å². The fraction of sp³-hybridized carbons (Fsp3) is 0.429. The first kappa shape index (κ1) is 16.6. The van der Waals surface area contributed by atoms with E-state index >= 15 is 0 Å². The Morgan fingerprint density at radius 1 is 1.14 bits per heavy atom. The van der Waals surface area contributed by atoms with Crippen molar-refractivity contribution < 1.29 is 23.7 Å². The number of rotatable bonds is 6. The van der Waals surface area contributed by atoms with Crippen molar-refractivity contribution in [3.8, 4) is 17.2 Å². The zero-order valence-corrected chi connectivity index (χ0v) is 12.9. The smallest absolute Gasteiger partial charge is 0.427 e. The zero-order valence-electron chi connectivity index (χ0n) is 12.9. The minimum Gasteiger partial charge on any atom is -0.493 e. The lowest BCUT2D eigenvalue weighted by Crippen LogP contribution is -2.20. The maximum Gasteiger partial charge on any atom is 0.427 e. The van der Waals surface area contributed by atoms with Gasteiger partial charge in [-0.05, 0) is 26.0 Å². The summed E-state index contributed by atoms with van der Waals surface area (Å²) in [6.07, 6.45) is -0.607. The first-order chi connectivity index (χ1) is 10.1. The summed E-state index contributed by atoms with van der Waals surface area (Å²) in [5.74, 6) is 1.52. The van der Waals surface area contributed by atoms with Gasteiger partial charge in [-0.1, -0.05) is 0 Å². The first-order valence-electron chi connectivity index (χ1n) is 6.34. The number of amides is 1. The Morgan fingerprint density at radius 2 is 1.71 bits per heavy atom. The normalized spacial score (nSPS) is 10.8. The van der Waals surface area contributed by atoms with Gasteiger partial charge in [0.05, 0.1) is 33.6 Å². The number of carbonyl (C=O) groups excluding carboxylic acids is 1. The third-order valence-electron chi connectivity index (χ3n) is 2.67. The Kier molecular flexibility index (Phi) is 6.32. The van der Waals surface area contributed by atoms with Crippen LogP contribution in [0.3, 0.4) is 0 Å². The van der Waals surface area contributed by atoms with Crippen molar-refractivity contribution in [3.63, 3.8) is 0 Å². The molecule has 7 heteroatoms. The van der Waals surface area contributed by atoms with Gasteiger partial charge in [0.2, 0.25) is 5.75 Å². The SMILES string of the molecule is CCOC(=O)N/N=C(\C)c1cc(OC)c(OC)c(OC)c1. The monoisotopic (exact) mass is 296 g/mol. The molecule has 0 unspecified atom stereocenters. The lowest BCUT2D eigenvalue weighted by Gasteiger charge is -2.14. The summed E-state index contributed by atoms with van der Waals surface area (Å²) in [5.41, 5.74) is 3.59. The molecule has 0 radical (unpaired) electrons. The third kappa shape index (κ3) is 4.27. The van der Waals surface area contributed by atoms with Crippen molar-refractivity contribution in [3.05, 3.63) is 17.7 Å². The van der Waals surface area contributed by atoms with Crippen LogP contribution in [0.5, 0.6) is 17.2 Å². The molecule has 0 aromatic heterocycles. The Labute approximate surface area is 123 Å². The number of hydrogen-bond acceptors (Lipinski definition) is 6. The maximum absolute atomic E-state index is 11.2. The summed E-state index contributed by atoms with van der Waals surface area (Å²) in [7, 11) is 4.60. The van der Waals surface area contributed by atoms with Crippen LogP contribution in [-0.4, -0.2) is 39.7 Å². The van der Waals surface area contributed by atoms with Crippen molar-refractivity contribution in [1.29, 1.82) is 0 Å². The standard InChI is InChI=1S/C14H20N2O5/c1-6-21-14(17)16-15-9(2)10-7-11(18-3)13(20-5)12(8-10)19-4/h7-8H,6H2,1-5H3,(H,16,17)/b15-9+. The van der Waals surface area contributed by atoms with Crippen LogP contribution in [0.2, 0.25) is 0 Å². The summed E-state index contributed by atoms with van der Waals surface area (Å²) in [6.45, 7) is 3.74. The van der Waals surface area contributed by atoms with Gasteiger partial charge in [0.25, 0.3) is 0 Å². The highest BCUT2D eigenvalue weighted by atomic mass is 16.6. The van der Waals surface area contributed by atoms with Crippen LogP contribution in [0.1, 0.15) is 19.4 Å². The number of nitrogens with one attached hydrogen (secondary N) is 1. The molecule has 0 atom stereocenters. The Balaban J connectivity index is 3.07. The number of benzene rings is 1. The van der Waals surface area contributed by atoms with Crippen LogP contribution in [0.25, 0.3) is 0 Å². The molecule has 0 fully saturated rings. The Morgan fingerprint density at radius 3 is 2.14 bits per heavy atom. The fourth-order valence-corrected chi connectivity index (χ4v) is 1.65. The topological polar surface area (TPSA) is 78.4 Å². The van der Waals surface area contributed by atoms with E-state index in [0.29, 0.717) is 23.0 Å². The van der Waals surface area contributed by atoms with Gasteiger partial charge in [0, 0.05) is 5.56 Å². The predicted octanol–water partition coefficient (Wildman–Crippen LogP) is 2.18. The van der Waals surface area contributed by atoms with Gasteiger partial charge in [0.1, 0.15) is 0 Å². The molecule has 0 saturated carbocycles. The molecule has 1 rings (SSSR count). The number of hydrazone groups is 1. The molecular weight excluding hydrogens is 276 g/mol. The highest BCUT2D eigenvalue weighted by molar-refractivity contribution is 6.00. The van der Waals surface area contributed by atoms with E-state index in [0.717, 1.165) is 5.56 Å². The maximum atomic E-state index is 11.2. The van der Waals surface area contributed by atoms with Crippen LogP contribution in [0, 0.1) is 0 Å². The molecule has 1 amide bonds.